The third-order valence-electron chi connectivity index (χ3n) is 8.47. The summed E-state index contributed by atoms with van der Waals surface area (Å²) < 4.78 is 5.35. The summed E-state index contributed by atoms with van der Waals surface area (Å²) in [6, 6.07) is 13.6. The van der Waals surface area contributed by atoms with Gasteiger partial charge >= 0.3 is 5.97 Å². The minimum absolute atomic E-state index is 0.160. The lowest BCUT2D eigenvalue weighted by atomic mass is 9.94. The van der Waals surface area contributed by atoms with E-state index in [0.29, 0.717) is 37.8 Å². The van der Waals surface area contributed by atoms with Crippen LogP contribution in [0.15, 0.2) is 61.2 Å². The molecule has 0 aromatic heterocycles. The van der Waals surface area contributed by atoms with Crippen molar-refractivity contribution in [3.05, 3.63) is 77.9 Å². The number of ether oxygens (including phenoxy) is 1. The zero-order valence-corrected chi connectivity index (χ0v) is 25.5. The number of nitrogens with one attached hydrogen (secondary N) is 3. The van der Waals surface area contributed by atoms with E-state index in [4.69, 9.17) is 4.74 Å². The Bertz CT molecular complexity index is 1360. The molecule has 10 nitrogen and oxygen atoms in total. The van der Waals surface area contributed by atoms with Crippen molar-refractivity contribution in [2.75, 3.05) is 13.2 Å². The third kappa shape index (κ3) is 7.92. The van der Waals surface area contributed by atoms with Gasteiger partial charge in [-0.1, -0.05) is 62.0 Å². The molecule has 2 fully saturated rings. The largest absolute Gasteiger partial charge is 0.462 e. The molecule has 2 heterocycles. The average molecular weight is 603 g/mol. The number of fused-ring (bicyclic) bond motifs is 1. The van der Waals surface area contributed by atoms with E-state index in [2.05, 4.69) is 22.5 Å². The van der Waals surface area contributed by atoms with Gasteiger partial charge in [0.25, 0.3) is 0 Å². The molecule has 0 unspecified atom stereocenters. The van der Waals surface area contributed by atoms with E-state index >= 15 is 0 Å². The van der Waals surface area contributed by atoms with Crippen LogP contribution in [0.3, 0.4) is 0 Å². The van der Waals surface area contributed by atoms with Gasteiger partial charge in [-0.25, -0.2) is 4.79 Å². The highest BCUT2D eigenvalue weighted by Gasteiger charge is 2.43. The van der Waals surface area contributed by atoms with Gasteiger partial charge in [0.15, 0.2) is 0 Å². The van der Waals surface area contributed by atoms with Crippen molar-refractivity contribution in [3.8, 4) is 0 Å². The molecule has 0 aliphatic carbocycles. The molecule has 44 heavy (non-hydrogen) atoms. The Hall–Kier alpha value is -4.47. The molecular formula is C34H42N4O6. The number of carbonyl (C=O) groups excluding carboxylic acids is 5. The fourth-order valence-electron chi connectivity index (χ4n) is 5.52. The molecule has 2 aromatic rings. The highest BCUT2D eigenvalue weighted by Crippen LogP contribution is 2.22. The van der Waals surface area contributed by atoms with Crippen LogP contribution in [0.4, 0.5) is 0 Å². The summed E-state index contributed by atoms with van der Waals surface area (Å²) in [5.74, 6) is -2.10. The molecule has 4 atom stereocenters. The molecule has 2 aromatic carbocycles. The summed E-state index contributed by atoms with van der Waals surface area (Å²) in [4.78, 5) is 68.4. The summed E-state index contributed by atoms with van der Waals surface area (Å²) in [5, 5.41) is 8.62. The van der Waals surface area contributed by atoms with E-state index < -0.39 is 47.4 Å². The smallest absolute Gasteiger partial charge is 0.338 e. The summed E-state index contributed by atoms with van der Waals surface area (Å²) in [6.45, 7) is 7.71. The van der Waals surface area contributed by atoms with Crippen molar-refractivity contribution in [2.45, 2.75) is 82.5 Å². The number of rotatable bonds is 10. The number of benzene rings is 2. The van der Waals surface area contributed by atoms with Crippen LogP contribution in [-0.4, -0.2) is 71.3 Å². The topological polar surface area (TPSA) is 134 Å². The lowest BCUT2D eigenvalue weighted by molar-refractivity contribution is -0.144. The molecular weight excluding hydrogens is 560 g/mol. The van der Waals surface area contributed by atoms with Gasteiger partial charge in [0.05, 0.1) is 12.2 Å². The first-order valence-electron chi connectivity index (χ1n) is 15.3. The highest BCUT2D eigenvalue weighted by atomic mass is 16.5. The zero-order chi connectivity index (χ0) is 31.7. The standard InChI is InChI=1S/C34H42N4O6/c1-4-23-16-18-24(19-17-23)22-27-31(41)38-20-11-15-28(38)30(40)35-26(29(39)37-34(3,5-2)33(43)36-27)14-9-10-21-44-32(42)25-12-7-6-8-13-25/h4,6-8,12-13,16-19,26-28H,1,5,9-11,14-15,20-22H2,2-3H3,(H,35,40)(H,36,43)(H,37,39)/t26-,27-,28+,34-/m0/s1. The van der Waals surface area contributed by atoms with Gasteiger partial charge in [-0.2, -0.15) is 0 Å². The molecule has 234 valence electrons. The van der Waals surface area contributed by atoms with Crippen molar-refractivity contribution < 1.29 is 28.7 Å². The number of hydrogen-bond acceptors (Lipinski definition) is 6. The molecule has 10 heteroatoms. The monoisotopic (exact) mass is 602 g/mol. The summed E-state index contributed by atoms with van der Waals surface area (Å²) in [5.41, 5.74) is 0.917. The molecule has 3 N–H and O–H groups in total. The van der Waals surface area contributed by atoms with E-state index in [9.17, 15) is 24.0 Å². The van der Waals surface area contributed by atoms with Gasteiger partial charge in [-0.05, 0) is 68.7 Å². The number of hydrogen-bond donors (Lipinski definition) is 3. The highest BCUT2D eigenvalue weighted by molar-refractivity contribution is 5.99. The van der Waals surface area contributed by atoms with Gasteiger partial charge in [0, 0.05) is 13.0 Å². The second-order valence-electron chi connectivity index (χ2n) is 11.6. The average Bonchev–Trinajstić information content (AvgIpc) is 3.53. The first-order valence-corrected chi connectivity index (χ1v) is 15.3. The minimum Gasteiger partial charge on any atom is -0.462 e. The maximum absolute atomic E-state index is 13.9. The summed E-state index contributed by atoms with van der Waals surface area (Å²) >= 11 is 0. The van der Waals surface area contributed by atoms with E-state index in [1.807, 2.05) is 30.3 Å². The predicted molar refractivity (Wildman–Crippen MR) is 166 cm³/mol. The van der Waals surface area contributed by atoms with Crippen LogP contribution in [0.5, 0.6) is 0 Å². The van der Waals surface area contributed by atoms with Crippen LogP contribution in [0, 0.1) is 0 Å². The Morgan fingerprint density at radius 3 is 2.41 bits per heavy atom. The van der Waals surface area contributed by atoms with Gasteiger partial charge in [-0.3, -0.25) is 19.2 Å². The van der Waals surface area contributed by atoms with Crippen LogP contribution in [0.1, 0.15) is 73.9 Å². The molecule has 2 aliphatic heterocycles. The van der Waals surface area contributed by atoms with Crippen LogP contribution < -0.4 is 16.0 Å². The van der Waals surface area contributed by atoms with E-state index in [0.717, 1.165) is 11.1 Å². The fraction of sp³-hybridized carbons (Fsp3) is 0.441. The van der Waals surface area contributed by atoms with Crippen LogP contribution in [0.25, 0.3) is 6.08 Å². The Morgan fingerprint density at radius 2 is 1.73 bits per heavy atom. The Labute approximate surface area is 258 Å². The Balaban J connectivity index is 1.48. The lowest BCUT2D eigenvalue weighted by Gasteiger charge is -2.36. The Morgan fingerprint density at radius 1 is 1.00 bits per heavy atom. The number of carbonyl (C=O) groups is 5. The predicted octanol–water partition coefficient (Wildman–Crippen LogP) is 3.16. The minimum atomic E-state index is -1.32. The van der Waals surface area contributed by atoms with E-state index in [-0.39, 0.29) is 31.8 Å². The third-order valence-corrected chi connectivity index (χ3v) is 8.47. The van der Waals surface area contributed by atoms with E-state index in [1.165, 1.54) is 4.90 Å². The number of amides is 4. The van der Waals surface area contributed by atoms with Crippen LogP contribution in [-0.2, 0) is 30.3 Å². The van der Waals surface area contributed by atoms with E-state index in [1.54, 1.807) is 44.2 Å². The normalized spacial score (nSPS) is 24.2. The quantitative estimate of drug-likeness (QED) is 0.283. The van der Waals surface area contributed by atoms with Crippen molar-refractivity contribution in [1.29, 1.82) is 0 Å². The van der Waals surface area contributed by atoms with Crippen molar-refractivity contribution >= 4 is 35.7 Å². The maximum atomic E-state index is 13.9. The second kappa shape index (κ2) is 14.8. The molecule has 0 bridgehead atoms. The lowest BCUT2D eigenvalue weighted by Crippen LogP contribution is -2.65. The first kappa shape index (κ1) is 32.4. The van der Waals surface area contributed by atoms with Gasteiger partial charge in [0.1, 0.15) is 23.7 Å². The van der Waals surface area contributed by atoms with Crippen molar-refractivity contribution in [1.82, 2.24) is 20.9 Å². The van der Waals surface area contributed by atoms with Crippen LogP contribution >= 0.6 is 0 Å². The number of esters is 1. The fourth-order valence-corrected chi connectivity index (χ4v) is 5.52. The van der Waals surface area contributed by atoms with Gasteiger partial charge < -0.3 is 25.6 Å². The molecule has 0 saturated carbocycles. The van der Waals surface area contributed by atoms with Gasteiger partial charge in [0.2, 0.25) is 23.6 Å². The van der Waals surface area contributed by atoms with Gasteiger partial charge in [-0.15, -0.1) is 0 Å². The molecule has 2 aliphatic rings. The molecule has 0 spiro atoms. The number of unbranched alkanes of at least 4 members (excludes halogenated alkanes) is 1. The van der Waals surface area contributed by atoms with Crippen molar-refractivity contribution in [2.24, 2.45) is 0 Å². The molecule has 0 radical (unpaired) electrons. The SMILES string of the molecule is C=Cc1ccc(C[C@@H]2NC(=O)[C@](C)(CC)NC(=O)[C@H](CCCCOC(=O)c3ccccc3)NC(=O)[C@H]3CCCN3C2=O)cc1. The Kier molecular flexibility index (Phi) is 10.9. The zero-order valence-electron chi connectivity index (χ0n) is 25.5. The summed E-state index contributed by atoms with van der Waals surface area (Å²) in [6.07, 6.45) is 4.55. The molecule has 4 rings (SSSR count). The number of nitrogens with zero attached hydrogens (tertiary/aromatic N) is 1. The summed E-state index contributed by atoms with van der Waals surface area (Å²) in [7, 11) is 0. The van der Waals surface area contributed by atoms with Crippen LogP contribution in [0.2, 0.25) is 0 Å². The molecule has 2 saturated heterocycles. The second-order valence-corrected chi connectivity index (χ2v) is 11.6. The first-order chi connectivity index (χ1) is 21.1. The van der Waals surface area contributed by atoms with Crippen molar-refractivity contribution in [3.63, 3.8) is 0 Å². The maximum Gasteiger partial charge on any atom is 0.338 e. The molecule has 4 amide bonds.